The fraction of sp³-hybridized carbons (Fsp3) is 0.571. The Bertz CT molecular complexity index is 415. The summed E-state index contributed by atoms with van der Waals surface area (Å²) in [7, 11) is 1.88. The SMILES string of the molecule is CCCNc1cc(C(=O)N(C)CC2CC2)ccn1. The highest BCUT2D eigenvalue weighted by Gasteiger charge is 2.25. The molecule has 0 radical (unpaired) electrons. The van der Waals surface area contributed by atoms with Crippen LogP contribution in [0.4, 0.5) is 5.82 Å². The lowest BCUT2D eigenvalue weighted by Crippen LogP contribution is -2.28. The zero-order chi connectivity index (χ0) is 13.0. The molecule has 1 N–H and O–H groups in total. The van der Waals surface area contributed by atoms with Crippen molar-refractivity contribution in [2.75, 3.05) is 25.5 Å². The predicted octanol–water partition coefficient (Wildman–Crippen LogP) is 2.39. The molecule has 1 aliphatic rings. The molecule has 0 spiro atoms. The molecule has 1 aliphatic carbocycles. The first-order valence-corrected chi connectivity index (χ1v) is 6.66. The molecular formula is C14H21N3O. The fourth-order valence-electron chi connectivity index (χ4n) is 1.90. The van der Waals surface area contributed by atoms with Crippen LogP contribution in [0.25, 0.3) is 0 Å². The van der Waals surface area contributed by atoms with Gasteiger partial charge in [-0.25, -0.2) is 4.98 Å². The first-order chi connectivity index (χ1) is 8.70. The minimum atomic E-state index is 0.0869. The molecule has 1 aromatic heterocycles. The van der Waals surface area contributed by atoms with Gasteiger partial charge in [0.2, 0.25) is 0 Å². The van der Waals surface area contributed by atoms with Crippen LogP contribution in [0.5, 0.6) is 0 Å². The lowest BCUT2D eigenvalue weighted by atomic mass is 10.2. The molecule has 0 saturated heterocycles. The van der Waals surface area contributed by atoms with Gasteiger partial charge < -0.3 is 10.2 Å². The highest BCUT2D eigenvalue weighted by molar-refractivity contribution is 5.94. The van der Waals surface area contributed by atoms with Crippen molar-refractivity contribution < 1.29 is 4.79 Å². The number of aromatic nitrogens is 1. The van der Waals surface area contributed by atoms with Gasteiger partial charge in [-0.05, 0) is 37.3 Å². The van der Waals surface area contributed by atoms with Crippen LogP contribution in [-0.4, -0.2) is 35.9 Å². The molecule has 1 amide bonds. The molecule has 98 valence electrons. The summed E-state index contributed by atoms with van der Waals surface area (Å²) in [5.41, 5.74) is 0.715. The molecule has 0 aromatic carbocycles. The van der Waals surface area contributed by atoms with Crippen molar-refractivity contribution in [3.05, 3.63) is 23.9 Å². The molecule has 0 unspecified atom stereocenters. The molecule has 1 aromatic rings. The molecule has 1 saturated carbocycles. The Hall–Kier alpha value is -1.58. The molecule has 4 heteroatoms. The molecule has 2 rings (SSSR count). The number of anilines is 1. The topological polar surface area (TPSA) is 45.2 Å². The molecule has 4 nitrogen and oxygen atoms in total. The van der Waals surface area contributed by atoms with Crippen molar-refractivity contribution in [1.29, 1.82) is 0 Å². The zero-order valence-corrected chi connectivity index (χ0v) is 11.1. The second kappa shape index (κ2) is 5.85. The number of rotatable bonds is 6. The van der Waals surface area contributed by atoms with E-state index in [9.17, 15) is 4.79 Å². The van der Waals surface area contributed by atoms with Crippen molar-refractivity contribution in [1.82, 2.24) is 9.88 Å². The molecule has 1 heterocycles. The minimum Gasteiger partial charge on any atom is -0.370 e. The number of amides is 1. The zero-order valence-electron chi connectivity index (χ0n) is 11.1. The summed E-state index contributed by atoms with van der Waals surface area (Å²) < 4.78 is 0. The van der Waals surface area contributed by atoms with Gasteiger partial charge in [-0.15, -0.1) is 0 Å². The molecule has 0 aliphatic heterocycles. The fourth-order valence-corrected chi connectivity index (χ4v) is 1.90. The van der Waals surface area contributed by atoms with Crippen molar-refractivity contribution in [3.63, 3.8) is 0 Å². The van der Waals surface area contributed by atoms with Crippen LogP contribution < -0.4 is 5.32 Å². The Morgan fingerprint density at radius 3 is 3.00 bits per heavy atom. The van der Waals surface area contributed by atoms with Gasteiger partial charge in [-0.2, -0.15) is 0 Å². The Morgan fingerprint density at radius 2 is 2.33 bits per heavy atom. The maximum Gasteiger partial charge on any atom is 0.253 e. The van der Waals surface area contributed by atoms with Crippen LogP contribution in [-0.2, 0) is 0 Å². The van der Waals surface area contributed by atoms with E-state index in [1.807, 2.05) is 18.0 Å². The molecule has 1 fully saturated rings. The lowest BCUT2D eigenvalue weighted by Gasteiger charge is -2.17. The number of nitrogens with one attached hydrogen (secondary N) is 1. The van der Waals surface area contributed by atoms with Crippen molar-refractivity contribution in [2.45, 2.75) is 26.2 Å². The van der Waals surface area contributed by atoms with Crippen LogP contribution in [0.1, 0.15) is 36.5 Å². The molecule has 0 bridgehead atoms. The van der Waals surface area contributed by atoms with Crippen LogP contribution in [0.15, 0.2) is 18.3 Å². The van der Waals surface area contributed by atoms with E-state index in [1.165, 1.54) is 12.8 Å². The monoisotopic (exact) mass is 247 g/mol. The smallest absolute Gasteiger partial charge is 0.253 e. The highest BCUT2D eigenvalue weighted by atomic mass is 16.2. The third-order valence-electron chi connectivity index (χ3n) is 3.14. The summed E-state index contributed by atoms with van der Waals surface area (Å²) in [6, 6.07) is 3.62. The van der Waals surface area contributed by atoms with E-state index in [1.54, 1.807) is 12.3 Å². The minimum absolute atomic E-state index is 0.0869. The lowest BCUT2D eigenvalue weighted by molar-refractivity contribution is 0.0788. The van der Waals surface area contributed by atoms with E-state index in [0.717, 1.165) is 31.2 Å². The van der Waals surface area contributed by atoms with Crippen LogP contribution >= 0.6 is 0 Å². The second-order valence-electron chi connectivity index (χ2n) is 4.99. The maximum atomic E-state index is 12.2. The number of pyridine rings is 1. The molecule has 18 heavy (non-hydrogen) atoms. The standard InChI is InChI=1S/C14H21N3O/c1-3-7-15-13-9-12(6-8-16-13)14(18)17(2)10-11-4-5-11/h6,8-9,11H,3-5,7,10H2,1-2H3,(H,15,16). The predicted molar refractivity (Wildman–Crippen MR) is 72.7 cm³/mol. The number of carbonyl (C=O) groups excluding carboxylic acids is 1. The van der Waals surface area contributed by atoms with E-state index in [0.29, 0.717) is 5.56 Å². The summed E-state index contributed by atoms with van der Waals surface area (Å²) in [4.78, 5) is 18.2. The molecular weight excluding hydrogens is 226 g/mol. The van der Waals surface area contributed by atoms with E-state index >= 15 is 0 Å². The summed E-state index contributed by atoms with van der Waals surface area (Å²) in [5, 5.41) is 3.20. The van der Waals surface area contributed by atoms with E-state index in [-0.39, 0.29) is 5.91 Å². The molecule has 0 atom stereocenters. The van der Waals surface area contributed by atoms with Crippen molar-refractivity contribution in [2.24, 2.45) is 5.92 Å². The highest BCUT2D eigenvalue weighted by Crippen LogP contribution is 2.29. The van der Waals surface area contributed by atoms with Crippen molar-refractivity contribution in [3.8, 4) is 0 Å². The van der Waals surface area contributed by atoms with Gasteiger partial charge in [0.25, 0.3) is 5.91 Å². The Morgan fingerprint density at radius 1 is 1.56 bits per heavy atom. The van der Waals surface area contributed by atoms with Gasteiger partial charge in [-0.3, -0.25) is 4.79 Å². The van der Waals surface area contributed by atoms with Crippen LogP contribution in [0, 0.1) is 5.92 Å². The number of hydrogen-bond acceptors (Lipinski definition) is 3. The third kappa shape index (κ3) is 3.45. The average molecular weight is 247 g/mol. The Kier molecular flexibility index (Phi) is 4.18. The number of carbonyl (C=O) groups is 1. The summed E-state index contributed by atoms with van der Waals surface area (Å²) >= 11 is 0. The van der Waals surface area contributed by atoms with Gasteiger partial charge in [0.1, 0.15) is 5.82 Å². The normalized spacial score (nSPS) is 14.3. The summed E-state index contributed by atoms with van der Waals surface area (Å²) in [6.45, 7) is 3.85. The Labute approximate surface area is 108 Å². The van der Waals surface area contributed by atoms with E-state index in [4.69, 9.17) is 0 Å². The summed E-state index contributed by atoms with van der Waals surface area (Å²) in [6.07, 6.45) is 5.26. The third-order valence-corrected chi connectivity index (χ3v) is 3.14. The summed E-state index contributed by atoms with van der Waals surface area (Å²) in [5.74, 6) is 1.59. The van der Waals surface area contributed by atoms with E-state index in [2.05, 4.69) is 17.2 Å². The number of nitrogens with zero attached hydrogens (tertiary/aromatic N) is 2. The van der Waals surface area contributed by atoms with Gasteiger partial charge in [-0.1, -0.05) is 6.92 Å². The van der Waals surface area contributed by atoms with Gasteiger partial charge in [0.05, 0.1) is 0 Å². The largest absolute Gasteiger partial charge is 0.370 e. The first kappa shape index (κ1) is 12.9. The van der Waals surface area contributed by atoms with E-state index < -0.39 is 0 Å². The van der Waals surface area contributed by atoms with Gasteiger partial charge in [0.15, 0.2) is 0 Å². The van der Waals surface area contributed by atoms with Crippen LogP contribution in [0.2, 0.25) is 0 Å². The van der Waals surface area contributed by atoms with Gasteiger partial charge >= 0.3 is 0 Å². The Balaban J connectivity index is 1.99. The number of hydrogen-bond donors (Lipinski definition) is 1. The second-order valence-corrected chi connectivity index (χ2v) is 4.99. The quantitative estimate of drug-likeness (QED) is 0.839. The maximum absolute atomic E-state index is 12.2. The van der Waals surface area contributed by atoms with Crippen LogP contribution in [0.3, 0.4) is 0 Å². The van der Waals surface area contributed by atoms with Gasteiger partial charge in [0, 0.05) is 31.9 Å². The van der Waals surface area contributed by atoms with Crippen molar-refractivity contribution >= 4 is 11.7 Å². The first-order valence-electron chi connectivity index (χ1n) is 6.66. The average Bonchev–Trinajstić information content (AvgIpc) is 3.19.